The largest absolute Gasteiger partial charge is 0.493 e. The smallest absolute Gasteiger partial charge is 0.249 e. The van der Waals surface area contributed by atoms with Crippen LogP contribution in [0.2, 0.25) is 0 Å². The standard InChI is InChI=1S/C31H37N5O4/c1-6-22-12-7-9-15-25(22)36(28(37)20-35-26-16-10-8-14-24(26)33-34-35)29(31(38)32-19-18-21(2)3)23-13-11-17-27(39-4)30(23)40-5/h7-17,21,29H,6,18-20H2,1-5H3,(H,32,38)/t29-/m1/s1. The number of methoxy groups -OCH3 is 2. The summed E-state index contributed by atoms with van der Waals surface area (Å²) in [6.45, 7) is 6.59. The van der Waals surface area contributed by atoms with E-state index in [1.165, 1.54) is 7.11 Å². The van der Waals surface area contributed by atoms with E-state index in [-0.39, 0.29) is 18.4 Å². The monoisotopic (exact) mass is 543 g/mol. The molecule has 2 amide bonds. The third-order valence-electron chi connectivity index (χ3n) is 6.86. The van der Waals surface area contributed by atoms with Gasteiger partial charge in [-0.05, 0) is 48.6 Å². The molecule has 1 N–H and O–H groups in total. The van der Waals surface area contributed by atoms with Gasteiger partial charge in [-0.3, -0.25) is 14.5 Å². The molecule has 0 radical (unpaired) electrons. The van der Waals surface area contributed by atoms with Crippen LogP contribution in [0.15, 0.2) is 66.7 Å². The Morgan fingerprint density at radius 3 is 2.45 bits per heavy atom. The Bertz CT molecular complexity index is 1470. The molecule has 9 heteroatoms. The summed E-state index contributed by atoms with van der Waals surface area (Å²) in [4.78, 5) is 30.0. The molecule has 0 saturated heterocycles. The fraction of sp³-hybridized carbons (Fsp3) is 0.355. The van der Waals surface area contributed by atoms with Crippen molar-refractivity contribution in [2.45, 2.75) is 46.2 Å². The maximum Gasteiger partial charge on any atom is 0.249 e. The highest BCUT2D eigenvalue weighted by Crippen LogP contribution is 2.40. The van der Waals surface area contributed by atoms with Gasteiger partial charge in [-0.15, -0.1) is 5.10 Å². The number of fused-ring (bicyclic) bond motifs is 1. The van der Waals surface area contributed by atoms with Crippen molar-refractivity contribution in [3.05, 3.63) is 77.9 Å². The molecule has 0 aliphatic rings. The lowest BCUT2D eigenvalue weighted by molar-refractivity contribution is -0.127. The number of carbonyl (C=O) groups excluding carboxylic acids is 2. The molecule has 0 aliphatic heterocycles. The van der Waals surface area contributed by atoms with Crippen LogP contribution in [0.4, 0.5) is 5.69 Å². The summed E-state index contributed by atoms with van der Waals surface area (Å²) in [7, 11) is 3.08. The molecule has 0 saturated carbocycles. The normalized spacial score (nSPS) is 11.8. The molecule has 9 nitrogen and oxygen atoms in total. The second kappa shape index (κ2) is 13.1. The summed E-state index contributed by atoms with van der Waals surface area (Å²) in [5.74, 6) is 0.648. The molecular formula is C31H37N5O4. The fourth-order valence-corrected chi connectivity index (χ4v) is 4.81. The third kappa shape index (κ3) is 6.09. The van der Waals surface area contributed by atoms with Crippen molar-refractivity contribution in [3.8, 4) is 11.5 Å². The van der Waals surface area contributed by atoms with Crippen molar-refractivity contribution in [1.82, 2.24) is 20.3 Å². The van der Waals surface area contributed by atoms with Crippen LogP contribution in [0.25, 0.3) is 11.0 Å². The maximum atomic E-state index is 14.4. The van der Waals surface area contributed by atoms with Crippen LogP contribution in [0.3, 0.4) is 0 Å². The van der Waals surface area contributed by atoms with E-state index >= 15 is 0 Å². The molecule has 1 atom stereocenters. The summed E-state index contributed by atoms with van der Waals surface area (Å²) < 4.78 is 12.9. The van der Waals surface area contributed by atoms with E-state index in [1.54, 1.807) is 34.9 Å². The highest BCUT2D eigenvalue weighted by Gasteiger charge is 2.36. The number of hydrogen-bond donors (Lipinski definition) is 1. The summed E-state index contributed by atoms with van der Waals surface area (Å²) in [5, 5.41) is 11.5. The molecular weight excluding hydrogens is 506 g/mol. The lowest BCUT2D eigenvalue weighted by Gasteiger charge is -2.33. The zero-order chi connectivity index (χ0) is 28.6. The molecule has 0 unspecified atom stereocenters. The molecule has 40 heavy (non-hydrogen) atoms. The number of amides is 2. The van der Waals surface area contributed by atoms with Gasteiger partial charge >= 0.3 is 0 Å². The van der Waals surface area contributed by atoms with Gasteiger partial charge in [0.1, 0.15) is 18.1 Å². The van der Waals surface area contributed by atoms with E-state index in [0.29, 0.717) is 47.2 Å². The lowest BCUT2D eigenvalue weighted by atomic mass is 9.99. The minimum Gasteiger partial charge on any atom is -0.493 e. The molecule has 3 aromatic carbocycles. The second-order valence-corrected chi connectivity index (χ2v) is 9.94. The first-order chi connectivity index (χ1) is 19.4. The van der Waals surface area contributed by atoms with Gasteiger partial charge in [0.25, 0.3) is 0 Å². The van der Waals surface area contributed by atoms with Crippen LogP contribution in [-0.4, -0.2) is 47.6 Å². The highest BCUT2D eigenvalue weighted by molar-refractivity contribution is 6.02. The summed E-state index contributed by atoms with van der Waals surface area (Å²) in [5.41, 5.74) is 3.52. The first-order valence-corrected chi connectivity index (χ1v) is 13.6. The molecule has 0 bridgehead atoms. The number of anilines is 1. The number of rotatable bonds is 12. The van der Waals surface area contributed by atoms with Crippen molar-refractivity contribution < 1.29 is 19.1 Å². The molecule has 0 aliphatic carbocycles. The van der Waals surface area contributed by atoms with E-state index in [2.05, 4.69) is 29.5 Å². The Hall–Kier alpha value is -4.40. The van der Waals surface area contributed by atoms with Gasteiger partial charge in [-0.2, -0.15) is 0 Å². The Balaban J connectivity index is 1.88. The molecule has 1 aromatic heterocycles. The number of carbonyl (C=O) groups is 2. The number of nitrogens with zero attached hydrogens (tertiary/aromatic N) is 4. The second-order valence-electron chi connectivity index (χ2n) is 9.94. The van der Waals surface area contributed by atoms with Crippen LogP contribution in [0, 0.1) is 5.92 Å². The Kier molecular flexibility index (Phi) is 9.37. The van der Waals surface area contributed by atoms with Crippen molar-refractivity contribution in [3.63, 3.8) is 0 Å². The van der Waals surface area contributed by atoms with Crippen LogP contribution in [-0.2, 0) is 22.6 Å². The van der Waals surface area contributed by atoms with E-state index in [9.17, 15) is 9.59 Å². The first-order valence-electron chi connectivity index (χ1n) is 13.6. The quantitative estimate of drug-likeness (QED) is 0.272. The van der Waals surface area contributed by atoms with Crippen molar-refractivity contribution >= 4 is 28.5 Å². The Morgan fingerprint density at radius 1 is 0.975 bits per heavy atom. The minimum atomic E-state index is -1.04. The molecule has 0 spiro atoms. The highest BCUT2D eigenvalue weighted by atomic mass is 16.5. The van der Waals surface area contributed by atoms with Gasteiger partial charge in [0.15, 0.2) is 11.5 Å². The summed E-state index contributed by atoms with van der Waals surface area (Å²) in [6, 6.07) is 19.4. The van der Waals surface area contributed by atoms with E-state index in [4.69, 9.17) is 9.47 Å². The molecule has 4 aromatic rings. The van der Waals surface area contributed by atoms with Gasteiger partial charge in [-0.1, -0.05) is 68.4 Å². The number of para-hydroxylation sites is 3. The molecule has 210 valence electrons. The van der Waals surface area contributed by atoms with Gasteiger partial charge in [-0.25, -0.2) is 4.68 Å². The van der Waals surface area contributed by atoms with Gasteiger partial charge in [0.2, 0.25) is 11.8 Å². The number of hydrogen-bond acceptors (Lipinski definition) is 6. The van der Waals surface area contributed by atoms with Gasteiger partial charge in [0, 0.05) is 17.8 Å². The van der Waals surface area contributed by atoms with Gasteiger partial charge in [0.05, 0.1) is 19.7 Å². The SMILES string of the molecule is CCc1ccccc1N(C(=O)Cn1nnc2ccccc21)[C@@H](C(=O)NCCC(C)C)c1cccc(OC)c1OC. The topological polar surface area (TPSA) is 98.6 Å². The lowest BCUT2D eigenvalue weighted by Crippen LogP contribution is -2.46. The average molecular weight is 544 g/mol. The zero-order valence-electron chi connectivity index (χ0n) is 23.8. The number of ether oxygens (including phenoxy) is 2. The predicted octanol–water partition coefficient (Wildman–Crippen LogP) is 4.95. The van der Waals surface area contributed by atoms with Crippen LogP contribution in [0.1, 0.15) is 44.4 Å². The van der Waals surface area contributed by atoms with Crippen molar-refractivity contribution in [2.75, 3.05) is 25.7 Å². The number of aryl methyl sites for hydroxylation is 1. The first kappa shape index (κ1) is 28.6. The van der Waals surface area contributed by atoms with Crippen LogP contribution >= 0.6 is 0 Å². The Labute approximate surface area is 235 Å². The zero-order valence-corrected chi connectivity index (χ0v) is 23.8. The molecule has 1 heterocycles. The molecule has 0 fully saturated rings. The van der Waals surface area contributed by atoms with E-state index < -0.39 is 6.04 Å². The predicted molar refractivity (Wildman–Crippen MR) is 156 cm³/mol. The fourth-order valence-electron chi connectivity index (χ4n) is 4.81. The third-order valence-corrected chi connectivity index (χ3v) is 6.86. The minimum absolute atomic E-state index is 0.110. The van der Waals surface area contributed by atoms with Crippen molar-refractivity contribution in [2.24, 2.45) is 5.92 Å². The molecule has 4 rings (SSSR count). The number of aromatic nitrogens is 3. The van der Waals surface area contributed by atoms with E-state index in [1.807, 2.05) is 55.5 Å². The number of benzene rings is 3. The van der Waals surface area contributed by atoms with E-state index in [0.717, 1.165) is 17.5 Å². The van der Waals surface area contributed by atoms with Crippen LogP contribution in [0.5, 0.6) is 11.5 Å². The van der Waals surface area contributed by atoms with Crippen molar-refractivity contribution in [1.29, 1.82) is 0 Å². The number of nitrogens with one attached hydrogen (secondary N) is 1. The Morgan fingerprint density at radius 2 is 1.73 bits per heavy atom. The van der Waals surface area contributed by atoms with Crippen LogP contribution < -0.4 is 19.7 Å². The summed E-state index contributed by atoms with van der Waals surface area (Å²) in [6.07, 6.45) is 1.47. The summed E-state index contributed by atoms with van der Waals surface area (Å²) >= 11 is 0. The average Bonchev–Trinajstić information content (AvgIpc) is 3.37. The van der Waals surface area contributed by atoms with Gasteiger partial charge < -0.3 is 14.8 Å². The maximum absolute atomic E-state index is 14.4.